The number of aliphatic hydroxyl groups is 1. The van der Waals surface area contributed by atoms with E-state index in [1.165, 1.54) is 16.7 Å². The maximum absolute atomic E-state index is 9.82. The van der Waals surface area contributed by atoms with E-state index >= 15 is 0 Å². The van der Waals surface area contributed by atoms with E-state index in [0.29, 0.717) is 0 Å². The van der Waals surface area contributed by atoms with E-state index in [9.17, 15) is 5.11 Å². The second-order valence-electron chi connectivity index (χ2n) is 7.88. The highest BCUT2D eigenvalue weighted by atomic mass is 16.5. The van der Waals surface area contributed by atoms with Gasteiger partial charge in [0.1, 0.15) is 11.5 Å². The summed E-state index contributed by atoms with van der Waals surface area (Å²) in [6.07, 6.45) is 0.892. The molecule has 4 heteroatoms. The minimum absolute atomic E-state index is 0.138. The maximum atomic E-state index is 9.82. The fraction of sp³-hybridized carbons (Fsp3) is 0.308. The normalized spacial score (nSPS) is 18.9. The molecule has 30 heavy (non-hydrogen) atoms. The topological polar surface area (TPSA) is 50.7 Å². The van der Waals surface area contributed by atoms with Crippen molar-refractivity contribution < 1.29 is 14.6 Å². The van der Waals surface area contributed by atoms with Gasteiger partial charge in [-0.25, -0.2) is 0 Å². The van der Waals surface area contributed by atoms with Crippen LogP contribution in [0.3, 0.4) is 0 Å². The molecule has 4 nitrogen and oxygen atoms in total. The van der Waals surface area contributed by atoms with Gasteiger partial charge in [-0.05, 0) is 53.3 Å². The summed E-state index contributed by atoms with van der Waals surface area (Å²) < 4.78 is 10.8. The number of nitrogens with one attached hydrogen (secondary N) is 1. The standard InChI is InChI=1S/C26H29NO3/c1-29-23-12-8-21(9-13-23)26(20-6-4-3-5-7-20,25-16-19(18-28)17-27-25)22-10-14-24(30-2)15-11-22/h3-15,19,25,27-28H,16-18H2,1-2H3. The van der Waals surface area contributed by atoms with E-state index in [0.717, 1.165) is 24.5 Å². The molecule has 3 aromatic rings. The molecule has 0 aromatic heterocycles. The molecule has 0 spiro atoms. The quantitative estimate of drug-likeness (QED) is 0.586. The van der Waals surface area contributed by atoms with E-state index in [2.05, 4.69) is 59.9 Å². The highest BCUT2D eigenvalue weighted by Crippen LogP contribution is 2.46. The molecule has 0 bridgehead atoms. The Balaban J connectivity index is 1.96. The Morgan fingerprint density at radius 1 is 0.800 bits per heavy atom. The van der Waals surface area contributed by atoms with Crippen molar-refractivity contribution in [1.82, 2.24) is 5.32 Å². The maximum Gasteiger partial charge on any atom is 0.118 e. The van der Waals surface area contributed by atoms with Crippen molar-refractivity contribution in [2.75, 3.05) is 27.4 Å². The van der Waals surface area contributed by atoms with Crippen LogP contribution >= 0.6 is 0 Å². The zero-order valence-electron chi connectivity index (χ0n) is 17.5. The van der Waals surface area contributed by atoms with Crippen LogP contribution in [0.1, 0.15) is 23.1 Å². The minimum Gasteiger partial charge on any atom is -0.497 e. The number of hydrogen-bond acceptors (Lipinski definition) is 4. The Morgan fingerprint density at radius 3 is 1.73 bits per heavy atom. The monoisotopic (exact) mass is 403 g/mol. The van der Waals surface area contributed by atoms with Crippen molar-refractivity contribution in [3.05, 3.63) is 95.6 Å². The summed E-state index contributed by atoms with van der Waals surface area (Å²) in [6.45, 7) is 1.00. The SMILES string of the molecule is COc1ccc(C(c2ccccc2)(c2ccc(OC)cc2)C2CC(CO)CN2)cc1. The molecule has 0 saturated carbocycles. The Labute approximate surface area is 178 Å². The van der Waals surface area contributed by atoms with E-state index in [4.69, 9.17) is 9.47 Å². The van der Waals surface area contributed by atoms with Crippen LogP contribution in [0.25, 0.3) is 0 Å². The van der Waals surface area contributed by atoms with Crippen molar-refractivity contribution in [2.45, 2.75) is 17.9 Å². The summed E-state index contributed by atoms with van der Waals surface area (Å²) in [7, 11) is 3.38. The summed E-state index contributed by atoms with van der Waals surface area (Å²) in [5, 5.41) is 13.6. The molecule has 0 aliphatic carbocycles. The van der Waals surface area contributed by atoms with Gasteiger partial charge in [-0.3, -0.25) is 0 Å². The largest absolute Gasteiger partial charge is 0.497 e. The van der Waals surface area contributed by atoms with E-state index in [-0.39, 0.29) is 18.6 Å². The van der Waals surface area contributed by atoms with E-state index < -0.39 is 5.41 Å². The molecular formula is C26H29NO3. The highest BCUT2D eigenvalue weighted by Gasteiger charge is 2.46. The molecule has 1 saturated heterocycles. The molecule has 2 atom stereocenters. The third kappa shape index (κ3) is 3.57. The van der Waals surface area contributed by atoms with Crippen LogP contribution in [0.2, 0.25) is 0 Å². The summed E-state index contributed by atoms with van der Waals surface area (Å²) in [4.78, 5) is 0. The van der Waals surface area contributed by atoms with Gasteiger partial charge in [-0.2, -0.15) is 0 Å². The fourth-order valence-corrected chi connectivity index (χ4v) is 4.79. The molecular weight excluding hydrogens is 374 g/mol. The third-order valence-electron chi connectivity index (χ3n) is 6.32. The molecule has 3 aromatic carbocycles. The first-order valence-electron chi connectivity index (χ1n) is 10.4. The Kier molecular flexibility index (Phi) is 6.07. The van der Waals surface area contributed by atoms with Gasteiger partial charge < -0.3 is 19.9 Å². The summed E-state index contributed by atoms with van der Waals surface area (Å²) in [5.41, 5.74) is 3.19. The summed E-state index contributed by atoms with van der Waals surface area (Å²) in [5.74, 6) is 1.92. The van der Waals surface area contributed by atoms with Crippen LogP contribution in [-0.2, 0) is 5.41 Å². The molecule has 2 N–H and O–H groups in total. The van der Waals surface area contributed by atoms with Gasteiger partial charge in [0, 0.05) is 19.2 Å². The molecule has 156 valence electrons. The molecule has 1 heterocycles. The number of ether oxygens (including phenoxy) is 2. The summed E-state index contributed by atoms with van der Waals surface area (Å²) in [6, 6.07) is 27.5. The van der Waals surface area contributed by atoms with Gasteiger partial charge in [0.05, 0.1) is 19.6 Å². The van der Waals surface area contributed by atoms with Crippen molar-refractivity contribution in [3.8, 4) is 11.5 Å². The van der Waals surface area contributed by atoms with Crippen LogP contribution in [0.5, 0.6) is 11.5 Å². The average molecular weight is 404 g/mol. The second-order valence-corrected chi connectivity index (χ2v) is 7.88. The number of rotatable bonds is 7. The van der Waals surface area contributed by atoms with Crippen molar-refractivity contribution in [1.29, 1.82) is 0 Å². The lowest BCUT2D eigenvalue weighted by molar-refractivity contribution is 0.233. The molecule has 1 aliphatic heterocycles. The Morgan fingerprint density at radius 2 is 1.30 bits per heavy atom. The Hall–Kier alpha value is -2.82. The first-order valence-corrected chi connectivity index (χ1v) is 10.4. The van der Waals surface area contributed by atoms with Crippen LogP contribution in [0, 0.1) is 5.92 Å². The van der Waals surface area contributed by atoms with E-state index in [1.54, 1.807) is 14.2 Å². The first-order chi connectivity index (χ1) is 14.7. The van der Waals surface area contributed by atoms with Crippen LogP contribution in [0.4, 0.5) is 0 Å². The van der Waals surface area contributed by atoms with Gasteiger partial charge in [0.25, 0.3) is 0 Å². The number of benzene rings is 3. The lowest BCUT2D eigenvalue weighted by atomic mass is 9.64. The van der Waals surface area contributed by atoms with Gasteiger partial charge in [-0.1, -0.05) is 54.6 Å². The van der Waals surface area contributed by atoms with Crippen LogP contribution < -0.4 is 14.8 Å². The van der Waals surface area contributed by atoms with Gasteiger partial charge in [-0.15, -0.1) is 0 Å². The number of hydrogen-bond donors (Lipinski definition) is 2. The first kappa shape index (κ1) is 20.5. The second kappa shape index (κ2) is 8.90. The van der Waals surface area contributed by atoms with E-state index in [1.807, 2.05) is 24.3 Å². The molecule has 0 amide bonds. The number of methoxy groups -OCH3 is 2. The summed E-state index contributed by atoms with van der Waals surface area (Å²) >= 11 is 0. The molecule has 2 unspecified atom stereocenters. The van der Waals surface area contributed by atoms with Crippen LogP contribution in [-0.4, -0.2) is 38.5 Å². The third-order valence-corrected chi connectivity index (χ3v) is 6.32. The molecule has 1 fully saturated rings. The number of aliphatic hydroxyl groups excluding tert-OH is 1. The Bertz CT molecular complexity index is 891. The highest BCUT2D eigenvalue weighted by molar-refractivity contribution is 5.54. The van der Waals surface area contributed by atoms with Gasteiger partial charge in [0.15, 0.2) is 0 Å². The average Bonchev–Trinajstić information content (AvgIpc) is 3.31. The lowest BCUT2D eigenvalue weighted by Gasteiger charge is -2.41. The predicted octanol–water partition coefficient (Wildman–Crippen LogP) is 4.01. The zero-order valence-corrected chi connectivity index (χ0v) is 17.5. The lowest BCUT2D eigenvalue weighted by Crippen LogP contribution is -2.47. The molecule has 1 aliphatic rings. The minimum atomic E-state index is -0.413. The van der Waals surface area contributed by atoms with Gasteiger partial charge in [0.2, 0.25) is 0 Å². The van der Waals surface area contributed by atoms with Crippen molar-refractivity contribution in [3.63, 3.8) is 0 Å². The van der Waals surface area contributed by atoms with Crippen molar-refractivity contribution >= 4 is 0 Å². The fourth-order valence-electron chi connectivity index (χ4n) is 4.79. The molecule has 4 rings (SSSR count). The van der Waals surface area contributed by atoms with Crippen LogP contribution in [0.15, 0.2) is 78.9 Å². The van der Waals surface area contributed by atoms with Gasteiger partial charge >= 0.3 is 0 Å². The zero-order chi connectivity index (χ0) is 21.0. The molecule has 0 radical (unpaired) electrons. The predicted molar refractivity (Wildman–Crippen MR) is 119 cm³/mol. The van der Waals surface area contributed by atoms with Crippen molar-refractivity contribution in [2.24, 2.45) is 5.92 Å². The smallest absolute Gasteiger partial charge is 0.118 e.